The van der Waals surface area contributed by atoms with Crippen molar-refractivity contribution in [2.45, 2.75) is 69.6 Å². The summed E-state index contributed by atoms with van der Waals surface area (Å²) in [6.45, 7) is 7.81. The van der Waals surface area contributed by atoms with Crippen molar-refractivity contribution in [3.63, 3.8) is 0 Å². The molecular formula is C40H43F3N6O2. The Morgan fingerprint density at radius 3 is 2.71 bits per heavy atom. The molecule has 0 radical (unpaired) electrons. The zero-order valence-corrected chi connectivity index (χ0v) is 29.2. The van der Waals surface area contributed by atoms with E-state index in [1.165, 1.54) is 24.3 Å². The Labute approximate surface area is 297 Å². The Bertz CT molecular complexity index is 1910. The van der Waals surface area contributed by atoms with Crippen LogP contribution in [0.4, 0.5) is 30.4 Å². The average molecular weight is 697 g/mol. The molecule has 3 aliphatic heterocycles. The fourth-order valence-electron chi connectivity index (χ4n) is 8.29. The van der Waals surface area contributed by atoms with Crippen molar-refractivity contribution in [3.8, 4) is 18.4 Å². The van der Waals surface area contributed by atoms with Gasteiger partial charge in [0, 0.05) is 62.6 Å². The fourth-order valence-corrected chi connectivity index (χ4v) is 8.29. The second-order valence-electron chi connectivity index (χ2n) is 14.2. The molecule has 0 spiro atoms. The number of terminal acetylenes is 1. The van der Waals surface area contributed by atoms with Crippen molar-refractivity contribution in [3.05, 3.63) is 88.8 Å². The number of amides is 1. The molecule has 2 saturated heterocycles. The topological polar surface area (TPSA) is 65.0 Å². The summed E-state index contributed by atoms with van der Waals surface area (Å²) in [5, 5.41) is 0. The first-order chi connectivity index (χ1) is 24.6. The summed E-state index contributed by atoms with van der Waals surface area (Å²) in [5.74, 6) is 2.43. The third-order valence-corrected chi connectivity index (χ3v) is 10.8. The number of carbonyl (C=O) groups is 1. The van der Waals surface area contributed by atoms with Crippen molar-refractivity contribution in [2.75, 3.05) is 54.5 Å². The summed E-state index contributed by atoms with van der Waals surface area (Å²) in [5.41, 5.74) is 4.61. The van der Waals surface area contributed by atoms with E-state index in [2.05, 4.69) is 22.3 Å². The van der Waals surface area contributed by atoms with Crippen LogP contribution in [-0.2, 0) is 17.6 Å². The molecule has 11 heteroatoms. The van der Waals surface area contributed by atoms with Gasteiger partial charge in [-0.1, -0.05) is 18.6 Å². The van der Waals surface area contributed by atoms with Gasteiger partial charge in [-0.05, 0) is 93.5 Å². The summed E-state index contributed by atoms with van der Waals surface area (Å²) in [6.07, 6.45) is 13.2. The Balaban J connectivity index is 1.24. The molecule has 0 N–H and O–H groups in total. The molecule has 3 atom stereocenters. The number of anilines is 3. The molecule has 1 amide bonds. The predicted octanol–water partition coefficient (Wildman–Crippen LogP) is 6.48. The minimum absolute atomic E-state index is 0.00439. The number of aryl methyl sites for hydroxylation is 1. The van der Waals surface area contributed by atoms with Crippen molar-refractivity contribution in [1.82, 2.24) is 14.9 Å². The van der Waals surface area contributed by atoms with E-state index in [0.717, 1.165) is 48.2 Å². The first kappa shape index (κ1) is 34.5. The van der Waals surface area contributed by atoms with Gasteiger partial charge in [0.05, 0.1) is 22.5 Å². The molecule has 51 heavy (non-hydrogen) atoms. The summed E-state index contributed by atoms with van der Waals surface area (Å²) < 4.78 is 50.0. The van der Waals surface area contributed by atoms with Crippen molar-refractivity contribution >= 4 is 29.2 Å². The van der Waals surface area contributed by atoms with Gasteiger partial charge in [-0.15, -0.1) is 6.42 Å². The maximum Gasteiger partial charge on any atom is 0.319 e. The van der Waals surface area contributed by atoms with Crippen LogP contribution in [0.5, 0.6) is 6.01 Å². The van der Waals surface area contributed by atoms with Gasteiger partial charge in [-0.25, -0.2) is 13.2 Å². The lowest BCUT2D eigenvalue weighted by atomic mass is 9.93. The number of likely N-dealkylation sites (N-methyl/N-ethyl adjacent to an activating group) is 1. The maximum atomic E-state index is 15.0. The molecule has 4 aliphatic rings. The Morgan fingerprint density at radius 2 is 1.94 bits per heavy atom. The molecule has 2 aromatic carbocycles. The lowest BCUT2D eigenvalue weighted by Gasteiger charge is -2.37. The number of benzene rings is 2. The summed E-state index contributed by atoms with van der Waals surface area (Å²) >= 11 is 0. The van der Waals surface area contributed by atoms with E-state index < -0.39 is 17.5 Å². The van der Waals surface area contributed by atoms with E-state index in [4.69, 9.17) is 21.1 Å². The first-order valence-electron chi connectivity index (χ1n) is 17.7. The number of halogens is 3. The fraction of sp³-hybridized carbons (Fsp3) is 0.425. The van der Waals surface area contributed by atoms with E-state index >= 15 is 0 Å². The van der Waals surface area contributed by atoms with Gasteiger partial charge in [0.15, 0.2) is 0 Å². The molecule has 7 rings (SSSR count). The number of hydrogen-bond acceptors (Lipinski definition) is 7. The number of allylic oxidation sites excluding steroid dienone is 1. The third kappa shape index (κ3) is 6.64. The minimum Gasteiger partial charge on any atom is -0.461 e. The first-order valence-corrected chi connectivity index (χ1v) is 17.7. The second-order valence-corrected chi connectivity index (χ2v) is 14.2. The van der Waals surface area contributed by atoms with Gasteiger partial charge in [0.1, 0.15) is 30.2 Å². The lowest BCUT2D eigenvalue weighted by molar-refractivity contribution is -0.126. The number of aromatic nitrogens is 2. The molecule has 0 saturated carbocycles. The summed E-state index contributed by atoms with van der Waals surface area (Å²) in [6, 6.07) is 9.46. The van der Waals surface area contributed by atoms with E-state index in [9.17, 15) is 18.0 Å². The monoisotopic (exact) mass is 696 g/mol. The molecule has 3 aromatic rings. The lowest BCUT2D eigenvalue weighted by Crippen LogP contribution is -2.46. The van der Waals surface area contributed by atoms with E-state index in [1.54, 1.807) is 12.1 Å². The highest BCUT2D eigenvalue weighted by molar-refractivity contribution is 5.87. The highest BCUT2D eigenvalue weighted by atomic mass is 19.1. The average Bonchev–Trinajstić information content (AvgIpc) is 3.72. The summed E-state index contributed by atoms with van der Waals surface area (Å²) in [7, 11) is 1.96. The minimum atomic E-state index is -1.09. The zero-order valence-electron chi connectivity index (χ0n) is 29.2. The number of nitrogens with zero attached hydrogens (tertiary/aromatic N) is 6. The van der Waals surface area contributed by atoms with E-state index in [-0.39, 0.29) is 48.9 Å². The van der Waals surface area contributed by atoms with Crippen LogP contribution in [0.25, 0.3) is 6.08 Å². The smallest absolute Gasteiger partial charge is 0.319 e. The normalized spacial score (nSPS) is 22.6. The van der Waals surface area contributed by atoms with Crippen LogP contribution >= 0.6 is 0 Å². The number of fused-ring (bicyclic) bond motifs is 2. The molecule has 266 valence electrons. The highest BCUT2D eigenvalue weighted by Gasteiger charge is 2.43. The quantitative estimate of drug-likeness (QED) is 0.188. The summed E-state index contributed by atoms with van der Waals surface area (Å²) in [4.78, 5) is 30.4. The number of alkyl halides is 1. The van der Waals surface area contributed by atoms with E-state index in [1.807, 2.05) is 35.9 Å². The number of rotatable bonds is 9. The van der Waals surface area contributed by atoms with Gasteiger partial charge in [-0.2, -0.15) is 9.97 Å². The van der Waals surface area contributed by atoms with Crippen LogP contribution in [0, 0.1) is 24.0 Å². The van der Waals surface area contributed by atoms with Gasteiger partial charge >= 0.3 is 6.01 Å². The number of likely N-dealkylation sites (tertiary alicyclic amines) is 1. The molecule has 4 heterocycles. The zero-order chi connectivity index (χ0) is 35.9. The van der Waals surface area contributed by atoms with Crippen LogP contribution in [0.1, 0.15) is 61.4 Å². The molecule has 1 aromatic heterocycles. The highest BCUT2D eigenvalue weighted by Crippen LogP contribution is 2.40. The molecule has 0 bridgehead atoms. The van der Waals surface area contributed by atoms with Crippen LogP contribution in [0.2, 0.25) is 0 Å². The largest absolute Gasteiger partial charge is 0.461 e. The maximum absolute atomic E-state index is 15.0. The second kappa shape index (κ2) is 14.0. The van der Waals surface area contributed by atoms with Crippen LogP contribution in [-0.4, -0.2) is 78.4 Å². The third-order valence-electron chi connectivity index (χ3n) is 10.8. The predicted molar refractivity (Wildman–Crippen MR) is 194 cm³/mol. The van der Waals surface area contributed by atoms with Crippen LogP contribution in [0.3, 0.4) is 0 Å². The Kier molecular flexibility index (Phi) is 9.44. The SMILES string of the molecule is C#Cc1c(F)ccc2c1N(C1=Cc3nc(OC[C@]4(C)C[C@@H](F)CN4c4ccc(F)cc4)nc(N(C)C[C@@H]4CCCN4C(=O)C=C)c3CC1)CCC2. The Morgan fingerprint density at radius 1 is 1.14 bits per heavy atom. The van der Waals surface area contributed by atoms with E-state index in [0.29, 0.717) is 49.7 Å². The molecule has 8 nitrogen and oxygen atoms in total. The Hall–Kier alpha value is -4.98. The number of hydrogen-bond donors (Lipinski definition) is 0. The van der Waals surface area contributed by atoms with Crippen LogP contribution in [0.15, 0.2) is 54.8 Å². The molecule has 0 unspecified atom stereocenters. The van der Waals surface area contributed by atoms with Gasteiger partial charge in [0.25, 0.3) is 0 Å². The molecular weight excluding hydrogens is 653 g/mol. The van der Waals surface area contributed by atoms with Gasteiger partial charge in [0.2, 0.25) is 5.91 Å². The standard InChI is InChI=1S/C40H43F3N6O2/c1-5-32-34(43)18-11-26-9-7-20-48(37(26)32)30-16-17-33-35(21-30)44-39(45-38(33)46(4)24-31-10-8-19-47(31)36(50)6-2)51-25-40(3)22-28(42)23-49(40)29-14-12-27(41)13-15-29/h1,6,11-15,18,21,28,31H,2,7-10,16-17,19-20,22-25H2,3-4H3/t28-,31+,40+/m1/s1. The number of ether oxygens (including phenoxy) is 1. The number of carbonyl (C=O) groups excluding carboxylic acids is 1. The van der Waals surface area contributed by atoms with Crippen molar-refractivity contribution < 1.29 is 22.7 Å². The van der Waals surface area contributed by atoms with Crippen molar-refractivity contribution in [1.29, 1.82) is 0 Å². The molecule has 2 fully saturated rings. The van der Waals surface area contributed by atoms with Gasteiger partial charge < -0.3 is 24.3 Å². The van der Waals surface area contributed by atoms with Gasteiger partial charge in [-0.3, -0.25) is 4.79 Å². The molecule has 1 aliphatic carbocycles. The van der Waals surface area contributed by atoms with Crippen molar-refractivity contribution in [2.24, 2.45) is 0 Å². The van der Waals surface area contributed by atoms with Crippen LogP contribution < -0.4 is 19.4 Å².